The van der Waals surface area contributed by atoms with Crippen LogP contribution in [0.15, 0.2) is 72.9 Å². The maximum atomic E-state index is 13.0. The number of aromatic nitrogens is 1. The van der Waals surface area contributed by atoms with Gasteiger partial charge in [-0.2, -0.15) is 0 Å². The topological polar surface area (TPSA) is 119 Å². The average Bonchev–Trinajstić information content (AvgIpc) is 3.26. The molecule has 1 N–H and O–H groups in total. The molecule has 0 saturated carbocycles. The summed E-state index contributed by atoms with van der Waals surface area (Å²) in [7, 11) is 0. The largest absolute Gasteiger partial charge is 0.454 e. The second-order valence-electron chi connectivity index (χ2n) is 7.05. The minimum absolute atomic E-state index is 0.0128. The summed E-state index contributed by atoms with van der Waals surface area (Å²) >= 11 is 5.81. The van der Waals surface area contributed by atoms with Gasteiger partial charge in [0.15, 0.2) is 12.4 Å². The number of ether oxygens (including phenoxy) is 1. The van der Waals surface area contributed by atoms with Crippen LogP contribution in [0, 0.1) is 10.1 Å². The van der Waals surface area contributed by atoms with Crippen LogP contribution in [0.4, 0.5) is 5.69 Å². The molecule has 164 valence electrons. The normalized spacial score (nSPS) is 10.7. The summed E-state index contributed by atoms with van der Waals surface area (Å²) < 4.78 is 5.19. The number of H-pyrrole nitrogens is 1. The molecule has 0 saturated heterocycles. The van der Waals surface area contributed by atoms with Crippen LogP contribution >= 0.6 is 11.6 Å². The molecule has 3 aromatic carbocycles. The van der Waals surface area contributed by atoms with Crippen LogP contribution in [0.3, 0.4) is 0 Å². The lowest BCUT2D eigenvalue weighted by molar-refractivity contribution is -0.384. The van der Waals surface area contributed by atoms with Gasteiger partial charge in [-0.1, -0.05) is 48.0 Å². The van der Waals surface area contributed by atoms with Crippen molar-refractivity contribution in [2.24, 2.45) is 0 Å². The van der Waals surface area contributed by atoms with Crippen molar-refractivity contribution in [2.45, 2.75) is 0 Å². The van der Waals surface area contributed by atoms with E-state index in [1.807, 2.05) is 12.1 Å². The van der Waals surface area contributed by atoms with Gasteiger partial charge in [0.25, 0.3) is 5.69 Å². The fourth-order valence-electron chi connectivity index (χ4n) is 3.40. The molecule has 8 nitrogen and oxygen atoms in total. The number of benzene rings is 3. The van der Waals surface area contributed by atoms with Crippen LogP contribution in [0.2, 0.25) is 5.02 Å². The molecule has 4 rings (SSSR count). The van der Waals surface area contributed by atoms with Crippen molar-refractivity contribution < 1.29 is 24.0 Å². The van der Waals surface area contributed by atoms with Crippen LogP contribution in [0.5, 0.6) is 0 Å². The van der Waals surface area contributed by atoms with Crippen molar-refractivity contribution in [3.63, 3.8) is 0 Å². The van der Waals surface area contributed by atoms with Crippen molar-refractivity contribution >= 4 is 45.7 Å². The van der Waals surface area contributed by atoms with Crippen molar-refractivity contribution in [3.05, 3.63) is 110 Å². The number of halogens is 1. The molecule has 0 aliphatic rings. The maximum Gasteiger partial charge on any atom is 0.339 e. The molecule has 1 heterocycles. The highest BCUT2D eigenvalue weighted by Gasteiger charge is 2.23. The molecule has 0 aliphatic carbocycles. The maximum absolute atomic E-state index is 13.0. The number of fused-ring (bicyclic) bond motifs is 1. The lowest BCUT2D eigenvalue weighted by Gasteiger charge is -2.09. The van der Waals surface area contributed by atoms with Gasteiger partial charge in [0.1, 0.15) is 5.02 Å². The minimum atomic E-state index is -0.865. The number of nitrogens with one attached hydrogen (secondary N) is 1. The zero-order chi connectivity index (χ0) is 23.5. The van der Waals surface area contributed by atoms with Crippen molar-refractivity contribution in [1.82, 2.24) is 4.98 Å². The van der Waals surface area contributed by atoms with Gasteiger partial charge in [-0.15, -0.1) is 0 Å². The fourth-order valence-corrected chi connectivity index (χ4v) is 3.58. The third-order valence-corrected chi connectivity index (χ3v) is 5.34. The van der Waals surface area contributed by atoms with Gasteiger partial charge in [-0.25, -0.2) is 4.79 Å². The number of carbonyl (C=O) groups excluding carboxylic acids is 3. The number of esters is 1. The summed E-state index contributed by atoms with van der Waals surface area (Å²) in [6.07, 6.45) is 1.55. The first-order chi connectivity index (χ1) is 15.9. The number of hydrogen-bond donors (Lipinski definition) is 1. The zero-order valence-corrected chi connectivity index (χ0v) is 17.7. The van der Waals surface area contributed by atoms with Crippen LogP contribution in [0.1, 0.15) is 36.6 Å². The Morgan fingerprint density at radius 2 is 1.64 bits per heavy atom. The van der Waals surface area contributed by atoms with E-state index in [9.17, 15) is 24.5 Å². The number of para-hydroxylation sites is 1. The van der Waals surface area contributed by atoms with Crippen LogP contribution < -0.4 is 0 Å². The Kier molecular flexibility index (Phi) is 6.01. The molecule has 0 fully saturated rings. The molecular formula is C24H15ClN2O6. The van der Waals surface area contributed by atoms with Gasteiger partial charge in [0.05, 0.1) is 10.5 Å². The van der Waals surface area contributed by atoms with Crippen LogP contribution in [-0.2, 0) is 4.74 Å². The fraction of sp³-hybridized carbons (Fsp3) is 0.0417. The number of nitro benzene ring substituents is 1. The van der Waals surface area contributed by atoms with Gasteiger partial charge in [-0.05, 0) is 24.3 Å². The molecule has 0 aliphatic heterocycles. The van der Waals surface area contributed by atoms with E-state index in [4.69, 9.17) is 16.3 Å². The Morgan fingerprint density at radius 1 is 0.939 bits per heavy atom. The Hall–Kier alpha value is -4.30. The number of hydrogen-bond acceptors (Lipinski definition) is 6. The molecule has 0 spiro atoms. The van der Waals surface area contributed by atoms with E-state index in [0.29, 0.717) is 10.9 Å². The monoisotopic (exact) mass is 462 g/mol. The summed E-state index contributed by atoms with van der Waals surface area (Å²) in [4.78, 5) is 51.7. The van der Waals surface area contributed by atoms with E-state index in [2.05, 4.69) is 4.98 Å². The Balaban J connectivity index is 1.55. The molecule has 9 heteroatoms. The first kappa shape index (κ1) is 21.9. The lowest BCUT2D eigenvalue weighted by Crippen LogP contribution is -2.17. The summed E-state index contributed by atoms with van der Waals surface area (Å²) in [5.74, 6) is -1.89. The van der Waals surface area contributed by atoms with E-state index < -0.39 is 34.8 Å². The molecule has 0 bridgehead atoms. The molecule has 0 atom stereocenters. The molecule has 4 aromatic rings. The van der Waals surface area contributed by atoms with Crippen molar-refractivity contribution in [1.29, 1.82) is 0 Å². The zero-order valence-electron chi connectivity index (χ0n) is 16.9. The van der Waals surface area contributed by atoms with Crippen LogP contribution in [-0.4, -0.2) is 34.0 Å². The first-order valence-corrected chi connectivity index (χ1v) is 10.1. The summed E-state index contributed by atoms with van der Waals surface area (Å²) in [5.41, 5.74) is 0.648. The Morgan fingerprint density at radius 3 is 2.39 bits per heavy atom. The summed E-state index contributed by atoms with van der Waals surface area (Å²) in [5, 5.41) is 11.7. The molecule has 0 radical (unpaired) electrons. The highest BCUT2D eigenvalue weighted by molar-refractivity contribution is 6.33. The number of Topliss-reactive ketones (excluding diaryl/α,β-unsaturated/α-hetero) is 1. The third kappa shape index (κ3) is 4.37. The highest BCUT2D eigenvalue weighted by atomic mass is 35.5. The smallest absolute Gasteiger partial charge is 0.339 e. The van der Waals surface area contributed by atoms with Gasteiger partial charge in [0, 0.05) is 39.9 Å². The molecular weight excluding hydrogens is 448 g/mol. The Labute approximate surface area is 191 Å². The lowest BCUT2D eigenvalue weighted by atomic mass is 9.98. The molecule has 0 unspecified atom stereocenters. The first-order valence-electron chi connectivity index (χ1n) is 9.71. The van der Waals surface area contributed by atoms with Crippen LogP contribution in [0.25, 0.3) is 10.9 Å². The third-order valence-electron chi connectivity index (χ3n) is 5.02. The predicted octanol–water partition coefficient (Wildman–Crippen LogP) is 5.00. The van der Waals surface area contributed by atoms with E-state index in [-0.39, 0.29) is 21.7 Å². The van der Waals surface area contributed by atoms with Gasteiger partial charge >= 0.3 is 5.97 Å². The molecule has 1 aromatic heterocycles. The number of nitrogens with zero attached hydrogens (tertiary/aromatic N) is 1. The van der Waals surface area contributed by atoms with E-state index >= 15 is 0 Å². The van der Waals surface area contributed by atoms with Gasteiger partial charge < -0.3 is 9.72 Å². The van der Waals surface area contributed by atoms with E-state index in [0.717, 1.165) is 11.6 Å². The second kappa shape index (κ2) is 9.05. The van der Waals surface area contributed by atoms with Gasteiger partial charge in [0.2, 0.25) is 5.78 Å². The van der Waals surface area contributed by atoms with Crippen molar-refractivity contribution in [3.8, 4) is 0 Å². The van der Waals surface area contributed by atoms with E-state index in [1.54, 1.807) is 30.5 Å². The second-order valence-corrected chi connectivity index (χ2v) is 7.45. The number of ketones is 2. The molecule has 33 heavy (non-hydrogen) atoms. The van der Waals surface area contributed by atoms with Gasteiger partial charge in [-0.3, -0.25) is 19.7 Å². The quantitative estimate of drug-likeness (QED) is 0.178. The van der Waals surface area contributed by atoms with E-state index in [1.165, 1.54) is 24.3 Å². The minimum Gasteiger partial charge on any atom is -0.454 e. The number of rotatable bonds is 7. The Bertz CT molecular complexity index is 1430. The summed E-state index contributed by atoms with van der Waals surface area (Å²) in [6, 6.07) is 16.7. The number of nitro groups is 1. The SMILES string of the molecule is O=C(OCC(=O)c1c[nH]c2ccccc12)c1ccccc1C(=O)c1ccc(Cl)c([N+](=O)[O-])c1. The summed E-state index contributed by atoms with van der Waals surface area (Å²) in [6.45, 7) is -0.518. The standard InChI is InChI=1S/C24H15ClN2O6/c25-19-10-9-14(11-21(19)27(31)32)23(29)16-6-1-2-7-17(16)24(30)33-13-22(28)18-12-26-20-8-4-3-5-15(18)20/h1-12,26H,13H2. The predicted molar refractivity (Wildman–Crippen MR) is 121 cm³/mol. The van der Waals surface area contributed by atoms with Crippen molar-refractivity contribution in [2.75, 3.05) is 6.61 Å². The average molecular weight is 463 g/mol. The number of aromatic amines is 1. The highest BCUT2D eigenvalue weighted by Crippen LogP contribution is 2.27. The number of carbonyl (C=O) groups is 3. The molecule has 0 amide bonds.